The van der Waals surface area contributed by atoms with Gasteiger partial charge in [0, 0.05) is 31.7 Å². The molecule has 2 aromatic carbocycles. The van der Waals surface area contributed by atoms with Crippen LogP contribution in [0.1, 0.15) is 48.5 Å². The highest BCUT2D eigenvalue weighted by Gasteiger charge is 2.76. The van der Waals surface area contributed by atoms with Gasteiger partial charge in [-0.1, -0.05) is 86.5 Å². The zero-order chi connectivity index (χ0) is 36.4. The second-order valence-corrected chi connectivity index (χ2v) is 19.3. The summed E-state index contributed by atoms with van der Waals surface area (Å²) < 4.78 is 57.2. The van der Waals surface area contributed by atoms with Crippen LogP contribution < -0.4 is 10.4 Å². The molecule has 13 nitrogen and oxygen atoms in total. The van der Waals surface area contributed by atoms with Crippen molar-refractivity contribution >= 4 is 25.0 Å². The third kappa shape index (κ3) is 6.68. The Balaban J connectivity index is 1.80. The second kappa shape index (κ2) is 14.7. The van der Waals surface area contributed by atoms with Gasteiger partial charge in [0.05, 0.1) is 6.61 Å². The summed E-state index contributed by atoms with van der Waals surface area (Å²) in [7, 11) is -0.257. The fourth-order valence-electron chi connectivity index (χ4n) is 8.15. The average molecular weight is 714 g/mol. The first-order valence-corrected chi connectivity index (χ1v) is 18.8. The lowest BCUT2D eigenvalue weighted by Crippen LogP contribution is -2.78. The van der Waals surface area contributed by atoms with Gasteiger partial charge >= 0.3 is 0 Å². The molecule has 274 valence electrons. The number of azide groups is 1. The van der Waals surface area contributed by atoms with Gasteiger partial charge in [-0.3, -0.25) is 0 Å². The highest BCUT2D eigenvalue weighted by atomic mass is 28.4. The molecule has 1 saturated carbocycles. The van der Waals surface area contributed by atoms with E-state index in [9.17, 15) is 10.3 Å². The highest BCUT2D eigenvalue weighted by molar-refractivity contribution is 6.99. The summed E-state index contributed by atoms with van der Waals surface area (Å²) in [5.74, 6) is -3.19. The smallest absolute Gasteiger partial charge is 0.261 e. The monoisotopic (exact) mass is 713 g/mol. The first-order chi connectivity index (χ1) is 23.7. The molecule has 14 heteroatoms. The molecule has 0 bridgehead atoms. The number of rotatable bonds is 14. The molecule has 0 amide bonds. The Morgan fingerprint density at radius 3 is 2.00 bits per heavy atom. The fraction of sp³-hybridized carbons (Fsp3) is 0.639. The van der Waals surface area contributed by atoms with E-state index in [4.69, 9.17) is 42.3 Å². The maximum absolute atomic E-state index is 13.2. The second-order valence-electron chi connectivity index (χ2n) is 15.0. The first kappa shape index (κ1) is 38.5. The Bertz CT molecular complexity index is 1460. The van der Waals surface area contributed by atoms with Crippen LogP contribution in [0.2, 0.25) is 5.04 Å². The maximum Gasteiger partial charge on any atom is 0.261 e. The van der Waals surface area contributed by atoms with Gasteiger partial charge in [-0.25, -0.2) is 0 Å². The zero-order valence-corrected chi connectivity index (χ0v) is 31.5. The Morgan fingerprint density at radius 1 is 0.940 bits per heavy atom. The quantitative estimate of drug-likeness (QED) is 0.0686. The van der Waals surface area contributed by atoms with Crippen molar-refractivity contribution in [2.75, 3.05) is 41.0 Å². The van der Waals surface area contributed by atoms with Crippen LogP contribution in [0, 0.1) is 5.92 Å². The van der Waals surface area contributed by atoms with Crippen LogP contribution >= 0.6 is 0 Å². The Morgan fingerprint density at radius 2 is 1.52 bits per heavy atom. The van der Waals surface area contributed by atoms with Gasteiger partial charge in [0.1, 0.15) is 49.8 Å². The molecule has 2 aliphatic heterocycles. The topological polar surface area (TPSA) is 149 Å². The normalized spacial score (nSPS) is 30.8. The van der Waals surface area contributed by atoms with E-state index < -0.39 is 66.4 Å². The standard InChI is InChI=1S/C36H51N3O10Si/c1-32(2,3)50(25-16-12-10-13-17-25,26-18-14-11-15-19-26)46-21-27-29(44-24-42-9)35(22-45-33(4,5)49-35)30-31(48-34(6,7)47-30)36(27,38-39-37)28(20-40)43-23-41-8/h10-20,27-31H,21-24H2,1-9H3/t27-,28+,29+,30-,31+,35-,36-/m0/s1. The minimum atomic E-state index is -3.21. The van der Waals surface area contributed by atoms with E-state index in [1.165, 1.54) is 14.2 Å². The van der Waals surface area contributed by atoms with E-state index in [0.29, 0.717) is 6.29 Å². The van der Waals surface area contributed by atoms with Crippen molar-refractivity contribution in [3.63, 3.8) is 0 Å². The molecular weight excluding hydrogens is 662 g/mol. The highest BCUT2D eigenvalue weighted by Crippen LogP contribution is 2.57. The van der Waals surface area contributed by atoms with E-state index in [2.05, 4.69) is 55.1 Å². The van der Waals surface area contributed by atoms with Crippen LogP contribution in [0.25, 0.3) is 10.4 Å². The molecule has 2 heterocycles. The van der Waals surface area contributed by atoms with E-state index in [1.807, 2.05) is 50.2 Å². The molecular formula is C36H51N3O10Si. The summed E-state index contributed by atoms with van der Waals surface area (Å²) in [6.07, 6.45) is -3.77. The third-order valence-corrected chi connectivity index (χ3v) is 15.0. The zero-order valence-electron chi connectivity index (χ0n) is 30.5. The summed E-state index contributed by atoms with van der Waals surface area (Å²) in [6.45, 7) is 13.2. The summed E-state index contributed by atoms with van der Waals surface area (Å²) in [5, 5.41) is 6.14. The molecule has 0 aromatic heterocycles. The Hall–Kier alpha value is -2.72. The molecule has 2 saturated heterocycles. The average Bonchev–Trinajstić information content (AvgIpc) is 3.59. The van der Waals surface area contributed by atoms with E-state index >= 15 is 0 Å². The summed E-state index contributed by atoms with van der Waals surface area (Å²) in [5.41, 5.74) is 7.23. The van der Waals surface area contributed by atoms with Crippen molar-refractivity contribution in [2.24, 2.45) is 11.0 Å². The fourth-order valence-corrected chi connectivity index (χ4v) is 12.7. The van der Waals surface area contributed by atoms with E-state index in [1.54, 1.807) is 13.8 Å². The molecule has 0 unspecified atom stereocenters. The van der Waals surface area contributed by atoms with Crippen LogP contribution in [0.3, 0.4) is 0 Å². The van der Waals surface area contributed by atoms with Gasteiger partial charge in [0.25, 0.3) is 8.32 Å². The Kier molecular flexibility index (Phi) is 11.3. The lowest BCUT2D eigenvalue weighted by atomic mass is 9.60. The van der Waals surface area contributed by atoms with Crippen LogP contribution in [-0.4, -0.2) is 103 Å². The van der Waals surface area contributed by atoms with Gasteiger partial charge in [0.2, 0.25) is 0 Å². The summed E-state index contributed by atoms with van der Waals surface area (Å²) >= 11 is 0. The number of methoxy groups -OCH3 is 2. The molecule has 0 N–H and O–H groups in total. The number of carbonyl (C=O) groups excluding carboxylic acids is 1. The van der Waals surface area contributed by atoms with Crippen molar-refractivity contribution in [3.05, 3.63) is 71.1 Å². The lowest BCUT2D eigenvalue weighted by molar-refractivity contribution is -0.285. The molecule has 50 heavy (non-hydrogen) atoms. The van der Waals surface area contributed by atoms with Crippen LogP contribution in [0.15, 0.2) is 65.8 Å². The van der Waals surface area contributed by atoms with Crippen molar-refractivity contribution in [2.45, 2.75) is 101 Å². The minimum Gasteiger partial charge on any atom is -0.407 e. The predicted molar refractivity (Wildman–Crippen MR) is 186 cm³/mol. The molecule has 3 fully saturated rings. The summed E-state index contributed by atoms with van der Waals surface area (Å²) in [4.78, 5) is 16.6. The van der Waals surface area contributed by atoms with Crippen LogP contribution in [0.4, 0.5) is 0 Å². The summed E-state index contributed by atoms with van der Waals surface area (Å²) in [6, 6.07) is 20.3. The lowest BCUT2D eigenvalue weighted by Gasteiger charge is -2.58. The number of hydrogen-bond donors (Lipinski definition) is 0. The number of benzene rings is 2. The third-order valence-electron chi connectivity index (χ3n) is 9.98. The number of nitrogens with zero attached hydrogens (tertiary/aromatic N) is 3. The van der Waals surface area contributed by atoms with Gasteiger partial charge in [-0.05, 0) is 48.6 Å². The van der Waals surface area contributed by atoms with Crippen molar-refractivity contribution < 1.29 is 47.1 Å². The van der Waals surface area contributed by atoms with Crippen molar-refractivity contribution in [1.82, 2.24) is 0 Å². The minimum absolute atomic E-state index is 0.0434. The van der Waals surface area contributed by atoms with Gasteiger partial charge in [0.15, 0.2) is 17.2 Å². The molecule has 7 atom stereocenters. The molecule has 3 aliphatic rings. The number of hydrogen-bond acceptors (Lipinski definition) is 11. The maximum atomic E-state index is 13.2. The molecule has 2 aromatic rings. The number of aldehydes is 1. The Labute approximate surface area is 295 Å². The molecule has 0 radical (unpaired) electrons. The molecule has 1 spiro atoms. The van der Waals surface area contributed by atoms with Crippen molar-refractivity contribution in [3.8, 4) is 0 Å². The van der Waals surface area contributed by atoms with Gasteiger partial charge in [-0.15, -0.1) is 0 Å². The number of fused-ring (bicyclic) bond motifs is 2. The SMILES string of the molecule is COCO[C@@H]1[C@H](CO[Si](c2ccccc2)(c2ccccc2)C(C)(C)C)[C@](N=[N+]=[N-])([C@@H](C=O)OCOC)[C@@H]2OC(C)(C)O[C@@H]2[C@]12COC(C)(C)O2. The van der Waals surface area contributed by atoms with E-state index in [0.717, 1.165) is 10.4 Å². The van der Waals surface area contributed by atoms with Crippen LogP contribution in [0.5, 0.6) is 0 Å². The number of carbonyl (C=O) groups is 1. The van der Waals surface area contributed by atoms with E-state index in [-0.39, 0.29) is 26.8 Å². The largest absolute Gasteiger partial charge is 0.407 e. The molecule has 1 aliphatic carbocycles. The predicted octanol–water partition coefficient (Wildman–Crippen LogP) is 4.46. The van der Waals surface area contributed by atoms with Crippen molar-refractivity contribution in [1.29, 1.82) is 0 Å². The molecule has 5 rings (SSSR count). The number of ether oxygens (including phenoxy) is 8. The van der Waals surface area contributed by atoms with Crippen LogP contribution in [-0.2, 0) is 47.1 Å². The van der Waals surface area contributed by atoms with Gasteiger partial charge in [-0.2, -0.15) is 0 Å². The first-order valence-electron chi connectivity index (χ1n) is 16.9. The van der Waals surface area contributed by atoms with Gasteiger partial charge < -0.3 is 47.1 Å².